The van der Waals surface area contributed by atoms with Crippen molar-refractivity contribution in [1.29, 1.82) is 0 Å². The molecule has 0 spiro atoms. The molecular formula is C111H133Cl2F8N9O9. The van der Waals surface area contributed by atoms with Crippen LogP contribution < -0.4 is 42.5 Å². The number of fused-ring (bicyclic) bond motifs is 15. The minimum Gasteiger partial charge on any atom is -0.459 e. The topological polar surface area (TPSA) is 212 Å². The van der Waals surface area contributed by atoms with Crippen LogP contribution >= 0.6 is 23.2 Å². The Balaban J connectivity index is 0.000000138. The van der Waals surface area contributed by atoms with Gasteiger partial charge < -0.3 is 86.1 Å². The molecule has 21 rings (SSSR count). The van der Waals surface area contributed by atoms with Gasteiger partial charge in [0.05, 0.1) is 139 Å². The number of likely N-dealkylation sites (tertiary alicyclic amines) is 1. The molecule has 10 aromatic rings. The monoisotopic (exact) mass is 1960 g/mol. The van der Waals surface area contributed by atoms with E-state index < -0.39 is 46.6 Å². The maximum absolute atomic E-state index is 14.9. The number of hydrogen-bond donors (Lipinski definition) is 10. The summed E-state index contributed by atoms with van der Waals surface area (Å²) in [6, 6.07) is 63.2. The van der Waals surface area contributed by atoms with Crippen LogP contribution in [0.3, 0.4) is 0 Å². The Morgan fingerprint density at radius 1 is 0.381 bits per heavy atom. The van der Waals surface area contributed by atoms with Gasteiger partial charge in [0.25, 0.3) is 0 Å². The van der Waals surface area contributed by atoms with E-state index in [-0.39, 0.29) is 174 Å². The molecule has 10 N–H and O–H groups in total. The summed E-state index contributed by atoms with van der Waals surface area (Å²) in [5.41, 5.74) is 10.2. The van der Waals surface area contributed by atoms with Gasteiger partial charge in [-0.1, -0.05) is 197 Å². The number of anilines is 5. The van der Waals surface area contributed by atoms with Crippen molar-refractivity contribution in [3.05, 3.63) is 325 Å². The Hall–Kier alpha value is -9.75. The molecule has 10 aromatic carbocycles. The smallest absolute Gasteiger partial charge is 0.320 e. The summed E-state index contributed by atoms with van der Waals surface area (Å²) in [5.74, 6) is -3.76. The Morgan fingerprint density at radius 3 is 0.942 bits per heavy atom. The van der Waals surface area contributed by atoms with Gasteiger partial charge in [0, 0.05) is 125 Å². The van der Waals surface area contributed by atoms with Crippen LogP contribution in [-0.4, -0.2) is 130 Å². The number of hydrogen-bond acceptors (Lipinski definition) is 18. The summed E-state index contributed by atoms with van der Waals surface area (Å²) in [6.07, 6.45) is 8.81. The Labute approximate surface area is 822 Å². The third kappa shape index (κ3) is 24.6. The summed E-state index contributed by atoms with van der Waals surface area (Å²) in [4.78, 5) is 14.4. The van der Waals surface area contributed by atoms with E-state index in [4.69, 9.17) is 51.6 Å². The number of ether oxygens (including phenoxy) is 6. The highest BCUT2D eigenvalue weighted by Crippen LogP contribution is 2.58. The zero-order chi connectivity index (χ0) is 95.0. The molecule has 6 saturated heterocycles. The molecule has 0 radical (unpaired) electrons. The van der Waals surface area contributed by atoms with E-state index >= 15 is 0 Å². The molecule has 11 aliphatic heterocycles. The molecule has 0 aliphatic carbocycles. The summed E-state index contributed by atoms with van der Waals surface area (Å²) in [6.45, 7) is 10.2. The van der Waals surface area contributed by atoms with E-state index in [9.17, 15) is 50.1 Å². The number of carbonyl (C=O) groups excluding carboxylic acids is 1. The first-order valence-corrected chi connectivity index (χ1v) is 48.6. The third-order valence-corrected chi connectivity index (χ3v) is 28.7. The number of esters is 1. The van der Waals surface area contributed by atoms with Gasteiger partial charge in [-0.3, -0.25) is 4.79 Å². The lowest BCUT2D eigenvalue weighted by Crippen LogP contribution is -2.45. The van der Waals surface area contributed by atoms with Crippen molar-refractivity contribution < 1.29 is 78.6 Å². The lowest BCUT2D eigenvalue weighted by molar-refractivity contribution is -0.153. The van der Waals surface area contributed by atoms with Crippen LogP contribution in [0.4, 0.5) is 63.6 Å². The van der Waals surface area contributed by atoms with Crippen molar-refractivity contribution >= 4 is 57.6 Å². The summed E-state index contributed by atoms with van der Waals surface area (Å²) in [7, 11) is 3.77. The fraction of sp³-hybridized carbons (Fsp3) is 0.450. The van der Waals surface area contributed by atoms with Crippen molar-refractivity contribution in [3.8, 4) is 0 Å². The number of aliphatic hydroxyl groups is 2. The number of carbonyl (C=O) groups is 1. The second kappa shape index (κ2) is 47.4. The van der Waals surface area contributed by atoms with Gasteiger partial charge in [-0.2, -0.15) is 0 Å². The zero-order valence-corrected chi connectivity index (χ0v) is 78.5. The number of nitrogens with zero attached hydrogens (tertiary/aromatic N) is 1. The van der Waals surface area contributed by atoms with Crippen LogP contribution in [0.15, 0.2) is 212 Å². The second-order valence-corrected chi connectivity index (χ2v) is 39.4. The molecule has 0 saturated carbocycles. The van der Waals surface area contributed by atoms with Gasteiger partial charge in [0.1, 0.15) is 52.1 Å². The molecular weight excluding hydrogens is 1830 g/mol. The molecule has 6 fully saturated rings. The van der Waals surface area contributed by atoms with E-state index in [0.717, 1.165) is 167 Å². The largest absolute Gasteiger partial charge is 0.459 e. The van der Waals surface area contributed by atoms with Crippen LogP contribution in [0.25, 0.3) is 0 Å². The highest BCUT2D eigenvalue weighted by molar-refractivity contribution is 6.31. The average Bonchev–Trinajstić information content (AvgIpc) is 0.789. The first-order chi connectivity index (χ1) is 65.8. The third-order valence-electron chi connectivity index (χ3n) is 28.3. The molecule has 0 aromatic heterocycles. The Kier molecular flexibility index (Phi) is 35.8. The summed E-state index contributed by atoms with van der Waals surface area (Å²) < 4.78 is 151. The maximum Gasteiger partial charge on any atom is 0.320 e. The normalized spacial score (nSPS) is 27.1. The maximum atomic E-state index is 14.9. The SMILES string of the molecule is C.C.C.CC(C)(C)OC(=O)CNC[C@H]1CC[C@@H]2[C@H](O1)c1cc(Cl)cc(F)c1N[C@H]2c1ccccc1.CNC[C@@H]1CC[C@@H]2[C@@H](c3ccccc3)Nc3c(F)cc(F)cc3[C@@H]2O1.CNC[C@H]1CC[C@@H]2[C@H](O1)c1cc(F)cc(F)c1N[C@H]2c1ccccc1.OC1CCN(C[C@H]2CC[C@@H]3[C@H](O2)c2cc(Cl)cc(F)c2N[C@H]3c2ccccc2)CC1.OC[C@H]1CC[C@@H]2[C@H](c3ccccc3)Nc3c(F)cc(F)cc3[C@@H]2O1. The molecule has 20 atom stereocenters. The number of halogens is 10. The highest BCUT2D eigenvalue weighted by Gasteiger charge is 2.50. The number of rotatable bonds is 16. The number of nitrogens with one attached hydrogen (secondary N) is 8. The molecule has 18 nitrogen and oxygen atoms in total. The van der Waals surface area contributed by atoms with Gasteiger partial charge >= 0.3 is 5.97 Å². The Bertz CT molecular complexity index is 5570. The van der Waals surface area contributed by atoms with Crippen molar-refractivity contribution in [2.24, 2.45) is 29.6 Å². The van der Waals surface area contributed by atoms with E-state index in [1.807, 2.05) is 168 Å². The van der Waals surface area contributed by atoms with E-state index in [0.29, 0.717) is 61.7 Å². The van der Waals surface area contributed by atoms with E-state index in [1.165, 1.54) is 30.3 Å². The molecule has 11 heterocycles. The van der Waals surface area contributed by atoms with Crippen LogP contribution in [0, 0.1) is 76.1 Å². The van der Waals surface area contributed by atoms with Crippen molar-refractivity contribution in [2.75, 3.05) is 93.1 Å². The number of likely N-dealkylation sites (N-methyl/N-ethyl adjacent to an activating group) is 2. The highest BCUT2D eigenvalue weighted by atomic mass is 35.5. The van der Waals surface area contributed by atoms with Crippen molar-refractivity contribution in [1.82, 2.24) is 20.9 Å². The fourth-order valence-corrected chi connectivity index (χ4v) is 22.6. The molecule has 11 aliphatic rings. The van der Waals surface area contributed by atoms with Crippen LogP contribution in [0.5, 0.6) is 0 Å². The quantitative estimate of drug-likeness (QED) is 0.0322. The molecule has 0 amide bonds. The standard InChI is InChI=1S/C25H30ClFN2O3.C24H28ClFN2O2.2C20H22F2N2O.C19H19F2NO2.3CH4/c1-25(2,3)32-21(30)14-28-13-17-9-10-18-22(15-7-5-4-6-8-15)29-23-19(24(18)31-17)11-16(26)12-20(23)27;25-16-12-20-23(21(26)13-16)27-22(15-4-2-1-3-5-15)19-7-6-18(30-24(19)20)14-28-10-8-17(29)9-11-28;2*1-23-11-14-7-8-15-18(12-5-3-2-4-6-12)24-19-16(20(15)25-14)9-13(21)10-17(19)22;20-12-8-15-18(16(21)9-12)22-17(11-4-2-1-3-5-11)14-7-6-13(10-23)24-19(14)15;;;/h4-8,11-12,17-18,22,24,28-29H,9-10,13-14H2,1-3H3;1-5,12-13,17-19,22,24,27,29H,6-11,14H2;2*2-6,9-10,14-15,18,20,23-24H,7-8,11H2,1H3;1-5,8-9,13-14,17,19,22-23H,6-7,10H2;3*1H4/t17-,18+,22+,24+;18-,19+,22+,24+;2*14-,15+,18+,20+;13-,14-,17+,19-;;;/m11101.../s1. The lowest BCUT2D eigenvalue weighted by atomic mass is 9.76. The molecule has 0 unspecified atom stereocenters. The number of piperidine rings is 1. The second-order valence-electron chi connectivity index (χ2n) is 38.6. The van der Waals surface area contributed by atoms with Crippen molar-refractivity contribution in [3.63, 3.8) is 0 Å². The minimum atomic E-state index is -0.612. The lowest BCUT2D eigenvalue weighted by Gasteiger charge is -2.46. The molecule has 28 heteroatoms. The van der Waals surface area contributed by atoms with Gasteiger partial charge in [-0.05, 0) is 182 Å². The average molecular weight is 1960 g/mol. The Morgan fingerprint density at radius 2 is 0.647 bits per heavy atom. The molecule has 139 heavy (non-hydrogen) atoms. The van der Waals surface area contributed by atoms with Gasteiger partial charge in [-0.15, -0.1) is 0 Å². The van der Waals surface area contributed by atoms with E-state index in [1.54, 1.807) is 6.07 Å². The van der Waals surface area contributed by atoms with Gasteiger partial charge in [0.15, 0.2) is 0 Å². The zero-order valence-electron chi connectivity index (χ0n) is 77.0. The predicted octanol–water partition coefficient (Wildman–Crippen LogP) is 24.6. The fourth-order valence-electron chi connectivity index (χ4n) is 22.2. The van der Waals surface area contributed by atoms with Gasteiger partial charge in [0.2, 0.25) is 0 Å². The van der Waals surface area contributed by atoms with Gasteiger partial charge in [-0.25, -0.2) is 35.1 Å². The summed E-state index contributed by atoms with van der Waals surface area (Å²) in [5, 5.41) is 46.1. The number of benzene rings is 10. The molecule has 746 valence electrons. The van der Waals surface area contributed by atoms with Crippen LogP contribution in [-0.2, 0) is 33.2 Å². The first kappa shape index (κ1) is 105. The predicted molar refractivity (Wildman–Crippen MR) is 533 cm³/mol. The minimum absolute atomic E-state index is 0. The van der Waals surface area contributed by atoms with Crippen molar-refractivity contribution in [2.45, 2.75) is 223 Å². The molecule has 0 bridgehead atoms. The number of aliphatic hydroxyl groups excluding tert-OH is 2. The first-order valence-electron chi connectivity index (χ1n) is 47.8. The van der Waals surface area contributed by atoms with Crippen LogP contribution in [0.2, 0.25) is 10.0 Å². The van der Waals surface area contributed by atoms with Crippen LogP contribution in [0.1, 0.15) is 236 Å². The summed E-state index contributed by atoms with van der Waals surface area (Å²) >= 11 is 12.4. The van der Waals surface area contributed by atoms with E-state index in [2.05, 4.69) is 71.7 Å².